The van der Waals surface area contributed by atoms with Crippen LogP contribution in [0.2, 0.25) is 0 Å². The van der Waals surface area contributed by atoms with Crippen LogP contribution in [0.4, 0.5) is 0 Å². The Hall–Kier alpha value is -0.120. The SMILES string of the molecule is CC1(C)COC(C)(C2CCC(O)CC2)OC1. The fourth-order valence-electron chi connectivity index (χ4n) is 2.60. The van der Waals surface area contributed by atoms with E-state index in [1.54, 1.807) is 0 Å². The predicted molar refractivity (Wildman–Crippen MR) is 62.1 cm³/mol. The number of rotatable bonds is 1. The Bertz CT molecular complexity index is 232. The summed E-state index contributed by atoms with van der Waals surface area (Å²) in [4.78, 5) is 0. The van der Waals surface area contributed by atoms with E-state index in [9.17, 15) is 5.11 Å². The van der Waals surface area contributed by atoms with Crippen molar-refractivity contribution in [2.24, 2.45) is 11.3 Å². The van der Waals surface area contributed by atoms with Crippen LogP contribution < -0.4 is 0 Å². The molecule has 1 saturated heterocycles. The second kappa shape index (κ2) is 4.28. The van der Waals surface area contributed by atoms with Gasteiger partial charge in [-0.15, -0.1) is 0 Å². The number of aliphatic hydroxyl groups is 1. The lowest BCUT2D eigenvalue weighted by Gasteiger charge is -2.47. The first-order valence-corrected chi connectivity index (χ1v) is 6.37. The van der Waals surface area contributed by atoms with Gasteiger partial charge < -0.3 is 14.6 Å². The molecule has 2 fully saturated rings. The van der Waals surface area contributed by atoms with Gasteiger partial charge in [-0.3, -0.25) is 0 Å². The summed E-state index contributed by atoms with van der Waals surface area (Å²) >= 11 is 0. The first-order chi connectivity index (χ1) is 7.41. The van der Waals surface area contributed by atoms with Crippen molar-refractivity contribution in [2.45, 2.75) is 58.3 Å². The molecular weight excluding hydrogens is 204 g/mol. The third-order valence-electron chi connectivity index (χ3n) is 3.94. The quantitative estimate of drug-likeness (QED) is 0.748. The summed E-state index contributed by atoms with van der Waals surface area (Å²) in [5.41, 5.74) is 0.133. The van der Waals surface area contributed by atoms with E-state index in [0.29, 0.717) is 5.92 Å². The maximum absolute atomic E-state index is 9.51. The van der Waals surface area contributed by atoms with Crippen molar-refractivity contribution in [1.82, 2.24) is 0 Å². The van der Waals surface area contributed by atoms with Gasteiger partial charge >= 0.3 is 0 Å². The third kappa shape index (κ3) is 2.58. The maximum atomic E-state index is 9.51. The summed E-state index contributed by atoms with van der Waals surface area (Å²) in [6.45, 7) is 7.92. The Morgan fingerprint density at radius 1 is 0.938 bits per heavy atom. The van der Waals surface area contributed by atoms with E-state index < -0.39 is 5.79 Å². The summed E-state index contributed by atoms with van der Waals surface area (Å²) in [6, 6.07) is 0. The average Bonchev–Trinajstić information content (AvgIpc) is 2.24. The van der Waals surface area contributed by atoms with Crippen LogP contribution in [0.1, 0.15) is 46.5 Å². The van der Waals surface area contributed by atoms with Crippen LogP contribution in [-0.2, 0) is 9.47 Å². The molecule has 1 heterocycles. The standard InChI is InChI=1S/C13H24O3/c1-12(2)8-15-13(3,16-9-12)10-4-6-11(14)7-5-10/h10-11,14H,4-9H2,1-3H3. The molecule has 1 aliphatic heterocycles. The Morgan fingerprint density at radius 2 is 1.44 bits per heavy atom. The molecule has 3 nitrogen and oxygen atoms in total. The summed E-state index contributed by atoms with van der Waals surface area (Å²) in [5, 5.41) is 9.51. The normalized spacial score (nSPS) is 38.2. The van der Waals surface area contributed by atoms with E-state index in [0.717, 1.165) is 38.9 Å². The van der Waals surface area contributed by atoms with E-state index in [1.807, 2.05) is 0 Å². The Labute approximate surface area is 98.1 Å². The third-order valence-corrected chi connectivity index (χ3v) is 3.94. The van der Waals surface area contributed by atoms with Crippen molar-refractivity contribution in [1.29, 1.82) is 0 Å². The lowest BCUT2D eigenvalue weighted by Crippen LogP contribution is -2.51. The van der Waals surface area contributed by atoms with Crippen LogP contribution in [-0.4, -0.2) is 30.2 Å². The van der Waals surface area contributed by atoms with Gasteiger partial charge in [0.15, 0.2) is 5.79 Å². The molecule has 2 aliphatic rings. The van der Waals surface area contributed by atoms with Crippen molar-refractivity contribution in [2.75, 3.05) is 13.2 Å². The number of hydrogen-bond acceptors (Lipinski definition) is 3. The first kappa shape index (κ1) is 12.3. The van der Waals surface area contributed by atoms with E-state index >= 15 is 0 Å². The van der Waals surface area contributed by atoms with E-state index in [4.69, 9.17) is 9.47 Å². The lowest BCUT2D eigenvalue weighted by molar-refractivity contribution is -0.317. The van der Waals surface area contributed by atoms with Gasteiger partial charge in [-0.2, -0.15) is 0 Å². The first-order valence-electron chi connectivity index (χ1n) is 6.37. The Morgan fingerprint density at radius 3 is 1.94 bits per heavy atom. The van der Waals surface area contributed by atoms with Crippen LogP contribution in [0.3, 0.4) is 0 Å². The Kier molecular flexibility index (Phi) is 3.30. The second-order valence-electron chi connectivity index (χ2n) is 6.26. The molecule has 16 heavy (non-hydrogen) atoms. The van der Waals surface area contributed by atoms with Gasteiger partial charge in [0.2, 0.25) is 0 Å². The summed E-state index contributed by atoms with van der Waals surface area (Å²) < 4.78 is 11.9. The van der Waals surface area contributed by atoms with Crippen molar-refractivity contribution < 1.29 is 14.6 Å². The summed E-state index contributed by atoms with van der Waals surface area (Å²) in [6.07, 6.45) is 3.68. The van der Waals surface area contributed by atoms with Gasteiger partial charge in [0.05, 0.1) is 19.3 Å². The zero-order valence-corrected chi connectivity index (χ0v) is 10.7. The highest BCUT2D eigenvalue weighted by molar-refractivity contribution is 4.85. The topological polar surface area (TPSA) is 38.7 Å². The van der Waals surface area contributed by atoms with Gasteiger partial charge in [-0.1, -0.05) is 13.8 Å². The minimum Gasteiger partial charge on any atom is -0.393 e. The largest absolute Gasteiger partial charge is 0.393 e. The van der Waals surface area contributed by atoms with Crippen LogP contribution in [0, 0.1) is 11.3 Å². The van der Waals surface area contributed by atoms with Gasteiger partial charge in [0.1, 0.15) is 0 Å². The van der Waals surface area contributed by atoms with Crippen molar-refractivity contribution in [3.8, 4) is 0 Å². The average molecular weight is 228 g/mol. The van der Waals surface area contributed by atoms with Crippen molar-refractivity contribution in [3.63, 3.8) is 0 Å². The zero-order chi connectivity index (χ0) is 11.8. The predicted octanol–water partition coefficient (Wildman–Crippen LogP) is 2.33. The molecule has 1 N–H and O–H groups in total. The van der Waals surface area contributed by atoms with Crippen LogP contribution in [0.25, 0.3) is 0 Å². The van der Waals surface area contributed by atoms with Gasteiger partial charge in [0, 0.05) is 11.3 Å². The van der Waals surface area contributed by atoms with Gasteiger partial charge in [-0.25, -0.2) is 0 Å². The molecule has 0 amide bonds. The molecule has 2 rings (SSSR count). The molecular formula is C13H24O3. The highest BCUT2D eigenvalue weighted by Gasteiger charge is 2.43. The highest BCUT2D eigenvalue weighted by atomic mass is 16.7. The molecule has 1 aliphatic carbocycles. The molecule has 0 unspecified atom stereocenters. The van der Waals surface area contributed by atoms with E-state index in [-0.39, 0.29) is 11.5 Å². The summed E-state index contributed by atoms with van der Waals surface area (Å²) in [7, 11) is 0. The number of aliphatic hydroxyl groups excluding tert-OH is 1. The summed E-state index contributed by atoms with van der Waals surface area (Å²) in [5.74, 6) is 0.0161. The van der Waals surface area contributed by atoms with Crippen molar-refractivity contribution >= 4 is 0 Å². The van der Waals surface area contributed by atoms with E-state index in [2.05, 4.69) is 20.8 Å². The fourth-order valence-corrected chi connectivity index (χ4v) is 2.60. The van der Waals surface area contributed by atoms with Crippen LogP contribution in [0.5, 0.6) is 0 Å². The molecule has 1 saturated carbocycles. The molecule has 0 radical (unpaired) electrons. The molecule has 0 atom stereocenters. The molecule has 3 heteroatoms. The van der Waals surface area contributed by atoms with Crippen LogP contribution in [0.15, 0.2) is 0 Å². The zero-order valence-electron chi connectivity index (χ0n) is 10.7. The monoisotopic (exact) mass is 228 g/mol. The molecule has 0 spiro atoms. The maximum Gasteiger partial charge on any atom is 0.168 e. The van der Waals surface area contributed by atoms with Crippen molar-refractivity contribution in [3.05, 3.63) is 0 Å². The highest BCUT2D eigenvalue weighted by Crippen LogP contribution is 2.40. The smallest absolute Gasteiger partial charge is 0.168 e. The number of hydrogen-bond donors (Lipinski definition) is 1. The van der Waals surface area contributed by atoms with Gasteiger partial charge in [0.25, 0.3) is 0 Å². The molecule has 0 bridgehead atoms. The Balaban J connectivity index is 1.93. The molecule has 0 aromatic carbocycles. The fraction of sp³-hybridized carbons (Fsp3) is 1.00. The second-order valence-corrected chi connectivity index (χ2v) is 6.26. The number of ether oxygens (including phenoxy) is 2. The molecule has 94 valence electrons. The van der Waals surface area contributed by atoms with Crippen LogP contribution >= 0.6 is 0 Å². The molecule has 0 aromatic rings. The minimum atomic E-state index is -0.421. The lowest BCUT2D eigenvalue weighted by atomic mass is 9.81. The van der Waals surface area contributed by atoms with E-state index in [1.165, 1.54) is 0 Å². The van der Waals surface area contributed by atoms with Gasteiger partial charge in [-0.05, 0) is 32.6 Å². The minimum absolute atomic E-state index is 0.111. The molecule has 0 aromatic heterocycles.